The smallest absolute Gasteiger partial charge is 0.412 e. The lowest BCUT2D eigenvalue weighted by Gasteiger charge is -2.32. The third kappa shape index (κ3) is 3.85. The Labute approximate surface area is 109 Å². The first-order valence-electron chi connectivity index (χ1n) is 6.73. The fraction of sp³-hybridized carbons (Fsp3) is 0.923. The summed E-state index contributed by atoms with van der Waals surface area (Å²) in [6.45, 7) is 6.89. The molecule has 106 valence electrons. The van der Waals surface area contributed by atoms with Gasteiger partial charge in [0.25, 0.3) is 0 Å². The number of nitrogens with zero attached hydrogens (tertiary/aromatic N) is 1. The molecular weight excluding hydrogens is 234 g/mol. The van der Waals surface area contributed by atoms with Crippen LogP contribution in [-0.2, 0) is 9.47 Å². The van der Waals surface area contributed by atoms with E-state index in [2.05, 4.69) is 6.92 Å². The van der Waals surface area contributed by atoms with E-state index in [4.69, 9.17) is 14.6 Å². The number of carbonyl (C=O) groups is 1. The number of hydrogen-bond donors (Lipinski definition) is 1. The van der Waals surface area contributed by atoms with Gasteiger partial charge >= 0.3 is 6.09 Å². The summed E-state index contributed by atoms with van der Waals surface area (Å²) in [5.41, 5.74) is -0.622. The first-order valence-corrected chi connectivity index (χ1v) is 6.73. The number of aliphatic hydroxyl groups is 1. The number of aliphatic hydroxyl groups excluding tert-OH is 1. The molecule has 18 heavy (non-hydrogen) atoms. The fourth-order valence-electron chi connectivity index (χ4n) is 2.17. The topological polar surface area (TPSA) is 59.0 Å². The van der Waals surface area contributed by atoms with Gasteiger partial charge in [-0.25, -0.2) is 4.79 Å². The van der Waals surface area contributed by atoms with Gasteiger partial charge in [0, 0.05) is 6.61 Å². The van der Waals surface area contributed by atoms with Crippen LogP contribution in [0, 0.1) is 0 Å². The van der Waals surface area contributed by atoms with Crippen molar-refractivity contribution in [1.82, 2.24) is 4.90 Å². The summed E-state index contributed by atoms with van der Waals surface area (Å²) in [6, 6.07) is 0.00118. The van der Waals surface area contributed by atoms with E-state index in [1.807, 2.05) is 13.8 Å². The van der Waals surface area contributed by atoms with E-state index in [0.717, 1.165) is 19.3 Å². The zero-order valence-electron chi connectivity index (χ0n) is 11.6. The maximum atomic E-state index is 12.1. The molecule has 0 radical (unpaired) electrons. The van der Waals surface area contributed by atoms with Crippen molar-refractivity contribution >= 4 is 6.09 Å². The highest BCUT2D eigenvalue weighted by Gasteiger charge is 2.44. The van der Waals surface area contributed by atoms with Crippen LogP contribution in [0.15, 0.2) is 0 Å². The normalized spacial score (nSPS) is 22.2. The van der Waals surface area contributed by atoms with Crippen LogP contribution < -0.4 is 0 Å². The first-order chi connectivity index (χ1) is 8.53. The zero-order valence-corrected chi connectivity index (χ0v) is 11.6. The molecule has 0 bridgehead atoms. The maximum absolute atomic E-state index is 12.1. The highest BCUT2D eigenvalue weighted by molar-refractivity contribution is 5.69. The van der Waals surface area contributed by atoms with Crippen LogP contribution in [-0.4, -0.2) is 47.7 Å². The predicted octanol–water partition coefficient (Wildman–Crippen LogP) is 2.13. The molecule has 0 aliphatic carbocycles. The van der Waals surface area contributed by atoms with Gasteiger partial charge in [0.15, 0.2) is 0 Å². The molecule has 1 aliphatic rings. The van der Waals surface area contributed by atoms with Gasteiger partial charge in [0.1, 0.15) is 5.72 Å². The zero-order chi connectivity index (χ0) is 13.6. The lowest BCUT2D eigenvalue weighted by molar-refractivity contribution is -0.0484. The number of amides is 1. The Bertz CT molecular complexity index is 268. The molecular formula is C13H25NO4. The summed E-state index contributed by atoms with van der Waals surface area (Å²) < 4.78 is 10.9. The largest absolute Gasteiger partial charge is 0.449 e. The number of ether oxygens (including phenoxy) is 2. The summed E-state index contributed by atoms with van der Waals surface area (Å²) in [7, 11) is 0. The summed E-state index contributed by atoms with van der Waals surface area (Å²) in [5, 5.41) is 8.88. The number of hydrogen-bond acceptors (Lipinski definition) is 4. The van der Waals surface area contributed by atoms with Crippen LogP contribution in [0.5, 0.6) is 0 Å². The van der Waals surface area contributed by atoms with E-state index >= 15 is 0 Å². The second kappa shape index (κ2) is 6.95. The maximum Gasteiger partial charge on any atom is 0.412 e. The van der Waals surface area contributed by atoms with E-state index < -0.39 is 5.72 Å². The van der Waals surface area contributed by atoms with Crippen molar-refractivity contribution in [1.29, 1.82) is 0 Å². The fourth-order valence-corrected chi connectivity index (χ4v) is 2.17. The average Bonchev–Trinajstić information content (AvgIpc) is 2.62. The van der Waals surface area contributed by atoms with Gasteiger partial charge in [-0.15, -0.1) is 0 Å². The highest BCUT2D eigenvalue weighted by atomic mass is 16.6. The highest BCUT2D eigenvalue weighted by Crippen LogP contribution is 2.30. The van der Waals surface area contributed by atoms with E-state index in [-0.39, 0.29) is 18.7 Å². The van der Waals surface area contributed by atoms with Gasteiger partial charge in [-0.3, -0.25) is 4.90 Å². The van der Waals surface area contributed by atoms with Crippen molar-refractivity contribution in [2.75, 3.05) is 19.8 Å². The second-order valence-electron chi connectivity index (χ2n) is 5.12. The molecule has 0 aromatic rings. The second-order valence-corrected chi connectivity index (χ2v) is 5.12. The van der Waals surface area contributed by atoms with E-state index in [9.17, 15) is 4.79 Å². The van der Waals surface area contributed by atoms with Gasteiger partial charge < -0.3 is 14.6 Å². The van der Waals surface area contributed by atoms with Gasteiger partial charge in [0.05, 0.1) is 19.3 Å². The van der Waals surface area contributed by atoms with Crippen LogP contribution in [0.1, 0.15) is 46.5 Å². The van der Waals surface area contributed by atoms with E-state index in [0.29, 0.717) is 19.6 Å². The standard InChI is InChI=1S/C13H25NO4/c1-4-5-9-17-12(16)14-11(7-6-8-15)10-18-13(14,2)3/h11,15H,4-10H2,1-3H3/t11-/m1/s1. The molecule has 1 saturated heterocycles. The molecule has 1 N–H and O–H groups in total. The molecule has 1 fully saturated rings. The quantitative estimate of drug-likeness (QED) is 0.742. The summed E-state index contributed by atoms with van der Waals surface area (Å²) in [4.78, 5) is 13.7. The Morgan fingerprint density at radius 1 is 1.50 bits per heavy atom. The van der Waals surface area contributed by atoms with Crippen molar-refractivity contribution in [3.05, 3.63) is 0 Å². The van der Waals surface area contributed by atoms with Gasteiger partial charge in [0.2, 0.25) is 0 Å². The Morgan fingerprint density at radius 2 is 2.22 bits per heavy atom. The minimum absolute atomic E-state index is 0.00118. The Morgan fingerprint density at radius 3 is 2.83 bits per heavy atom. The van der Waals surface area contributed by atoms with Crippen molar-refractivity contribution in [2.45, 2.75) is 58.2 Å². The van der Waals surface area contributed by atoms with E-state index in [1.165, 1.54) is 0 Å². The lowest BCUT2D eigenvalue weighted by atomic mass is 10.1. The first kappa shape index (κ1) is 15.2. The Balaban J connectivity index is 2.57. The van der Waals surface area contributed by atoms with Crippen LogP contribution in [0.4, 0.5) is 4.79 Å². The number of rotatable bonds is 6. The van der Waals surface area contributed by atoms with Gasteiger partial charge in [-0.2, -0.15) is 0 Å². The van der Waals surface area contributed by atoms with Crippen molar-refractivity contribution < 1.29 is 19.4 Å². The summed E-state index contributed by atoms with van der Waals surface area (Å²) >= 11 is 0. The minimum Gasteiger partial charge on any atom is -0.449 e. The van der Waals surface area contributed by atoms with Crippen LogP contribution >= 0.6 is 0 Å². The Kier molecular flexibility index (Phi) is 5.88. The Hall–Kier alpha value is -0.810. The molecule has 0 aromatic carbocycles. The minimum atomic E-state index is -0.622. The molecule has 1 rings (SSSR count). The van der Waals surface area contributed by atoms with Gasteiger partial charge in [-0.1, -0.05) is 13.3 Å². The molecule has 0 unspecified atom stereocenters. The molecule has 0 saturated carbocycles. The lowest BCUT2D eigenvalue weighted by Crippen LogP contribution is -2.48. The average molecular weight is 259 g/mol. The summed E-state index contributed by atoms with van der Waals surface area (Å²) in [5.74, 6) is 0. The monoisotopic (exact) mass is 259 g/mol. The molecule has 1 atom stereocenters. The van der Waals surface area contributed by atoms with Crippen molar-refractivity contribution in [2.24, 2.45) is 0 Å². The molecule has 1 heterocycles. The molecule has 0 aromatic heterocycles. The van der Waals surface area contributed by atoms with Crippen molar-refractivity contribution in [3.63, 3.8) is 0 Å². The summed E-state index contributed by atoms with van der Waals surface area (Å²) in [6.07, 6.45) is 2.98. The number of unbranched alkanes of at least 4 members (excludes halogenated alkanes) is 1. The van der Waals surface area contributed by atoms with Gasteiger partial charge in [-0.05, 0) is 33.1 Å². The predicted molar refractivity (Wildman–Crippen MR) is 68.2 cm³/mol. The number of carbonyl (C=O) groups excluding carboxylic acids is 1. The third-order valence-corrected chi connectivity index (χ3v) is 3.19. The molecule has 0 spiro atoms. The van der Waals surface area contributed by atoms with Crippen LogP contribution in [0.2, 0.25) is 0 Å². The SMILES string of the molecule is CCCCOC(=O)N1[C@H](CCCO)COC1(C)C. The van der Waals surface area contributed by atoms with E-state index in [1.54, 1.807) is 4.90 Å². The molecule has 5 heteroatoms. The van der Waals surface area contributed by atoms with Crippen LogP contribution in [0.25, 0.3) is 0 Å². The van der Waals surface area contributed by atoms with Crippen LogP contribution in [0.3, 0.4) is 0 Å². The van der Waals surface area contributed by atoms with Crippen molar-refractivity contribution in [3.8, 4) is 0 Å². The third-order valence-electron chi connectivity index (χ3n) is 3.19. The molecule has 5 nitrogen and oxygen atoms in total. The molecule has 1 aliphatic heterocycles. The molecule has 1 amide bonds.